The van der Waals surface area contributed by atoms with Gasteiger partial charge in [-0.3, -0.25) is 10.2 Å². The third-order valence-electron chi connectivity index (χ3n) is 4.60. The van der Waals surface area contributed by atoms with Gasteiger partial charge >= 0.3 is 0 Å². The molecule has 0 radical (unpaired) electrons. The fourth-order valence-corrected chi connectivity index (χ4v) is 4.75. The standard InChI is InChI=1S/C19H22N4O3S/c1-13-4-10-16(11-5-13)27(25,26)23-12-2-3-17(23)19(24)22-15-8-6-14(7-9-15)18(20)21/h4-11,17H,2-3,12H2,1H3,(H3,20,21)(H,22,24). The zero-order valence-corrected chi connectivity index (χ0v) is 15.8. The highest BCUT2D eigenvalue weighted by Gasteiger charge is 2.39. The first-order valence-electron chi connectivity index (χ1n) is 8.63. The number of hydrogen-bond donors (Lipinski definition) is 3. The number of hydrogen-bond acceptors (Lipinski definition) is 4. The SMILES string of the molecule is Cc1ccc(S(=O)(=O)N2CCCC2C(=O)Nc2ccc(C(=N)N)cc2)cc1. The number of aryl methyl sites for hydroxylation is 1. The Bertz CT molecular complexity index is 953. The van der Waals surface area contributed by atoms with Gasteiger partial charge in [-0.1, -0.05) is 17.7 Å². The summed E-state index contributed by atoms with van der Waals surface area (Å²) in [5.41, 5.74) is 7.47. The molecule has 0 saturated carbocycles. The van der Waals surface area contributed by atoms with E-state index in [1.807, 2.05) is 6.92 Å². The van der Waals surface area contributed by atoms with Crippen LogP contribution < -0.4 is 11.1 Å². The summed E-state index contributed by atoms with van der Waals surface area (Å²) >= 11 is 0. The maximum Gasteiger partial charge on any atom is 0.243 e. The van der Waals surface area contributed by atoms with E-state index in [1.54, 1.807) is 48.5 Å². The van der Waals surface area contributed by atoms with Crippen LogP contribution in [-0.4, -0.2) is 37.1 Å². The number of nitrogens with one attached hydrogen (secondary N) is 2. The van der Waals surface area contributed by atoms with Crippen LogP contribution >= 0.6 is 0 Å². The van der Waals surface area contributed by atoms with Gasteiger partial charge in [0.05, 0.1) is 4.90 Å². The van der Waals surface area contributed by atoms with Crippen LogP contribution in [0, 0.1) is 12.3 Å². The van der Waals surface area contributed by atoms with Gasteiger partial charge in [-0.2, -0.15) is 4.31 Å². The van der Waals surface area contributed by atoms with Crippen molar-refractivity contribution in [2.45, 2.75) is 30.7 Å². The fourth-order valence-electron chi connectivity index (χ4n) is 3.09. The van der Waals surface area contributed by atoms with Gasteiger partial charge in [0.15, 0.2) is 0 Å². The number of sulfonamides is 1. The maximum atomic E-state index is 12.9. The number of rotatable bonds is 5. The lowest BCUT2D eigenvalue weighted by Crippen LogP contribution is -2.43. The van der Waals surface area contributed by atoms with Gasteiger partial charge in [0.25, 0.3) is 0 Å². The predicted molar refractivity (Wildman–Crippen MR) is 104 cm³/mol. The van der Waals surface area contributed by atoms with Crippen molar-refractivity contribution < 1.29 is 13.2 Å². The van der Waals surface area contributed by atoms with Crippen molar-refractivity contribution in [1.82, 2.24) is 4.31 Å². The molecule has 2 aromatic rings. The first kappa shape index (κ1) is 19.1. The Hall–Kier alpha value is -2.71. The van der Waals surface area contributed by atoms with Gasteiger partial charge in [-0.25, -0.2) is 8.42 Å². The normalized spacial score (nSPS) is 17.6. The molecule has 1 amide bonds. The summed E-state index contributed by atoms with van der Waals surface area (Å²) in [5, 5.41) is 10.1. The summed E-state index contributed by atoms with van der Waals surface area (Å²) in [4.78, 5) is 12.9. The largest absolute Gasteiger partial charge is 0.384 e. The molecule has 3 rings (SSSR count). The van der Waals surface area contributed by atoms with Crippen molar-refractivity contribution in [3.05, 3.63) is 59.7 Å². The summed E-state index contributed by atoms with van der Waals surface area (Å²) in [7, 11) is -3.73. The lowest BCUT2D eigenvalue weighted by Gasteiger charge is -2.23. The third-order valence-corrected chi connectivity index (χ3v) is 6.52. The molecule has 8 heteroatoms. The fraction of sp³-hybridized carbons (Fsp3) is 0.263. The molecular formula is C19H22N4O3S. The Morgan fingerprint density at radius 3 is 2.37 bits per heavy atom. The summed E-state index contributed by atoms with van der Waals surface area (Å²) in [6, 6.07) is 12.4. The molecule has 1 fully saturated rings. The number of nitrogen functional groups attached to an aromatic ring is 1. The van der Waals surface area contributed by atoms with Crippen molar-refractivity contribution in [2.24, 2.45) is 5.73 Å². The Balaban J connectivity index is 1.78. The average molecular weight is 386 g/mol. The smallest absolute Gasteiger partial charge is 0.243 e. The highest BCUT2D eigenvalue weighted by atomic mass is 32.2. The Labute approximate surface area is 158 Å². The second kappa shape index (κ2) is 7.50. The van der Waals surface area contributed by atoms with Crippen molar-refractivity contribution in [2.75, 3.05) is 11.9 Å². The van der Waals surface area contributed by atoms with Gasteiger partial charge < -0.3 is 11.1 Å². The first-order valence-corrected chi connectivity index (χ1v) is 10.1. The lowest BCUT2D eigenvalue weighted by atomic mass is 10.1. The van der Waals surface area contributed by atoms with Crippen LogP contribution in [0.15, 0.2) is 53.4 Å². The van der Waals surface area contributed by atoms with E-state index < -0.39 is 16.1 Å². The van der Waals surface area contributed by atoms with Gasteiger partial charge in [0.1, 0.15) is 11.9 Å². The maximum absolute atomic E-state index is 12.9. The number of anilines is 1. The van der Waals surface area contributed by atoms with E-state index in [9.17, 15) is 13.2 Å². The minimum atomic E-state index is -3.73. The summed E-state index contributed by atoms with van der Waals surface area (Å²) in [6.07, 6.45) is 1.11. The lowest BCUT2D eigenvalue weighted by molar-refractivity contribution is -0.119. The highest BCUT2D eigenvalue weighted by Crippen LogP contribution is 2.27. The molecule has 1 heterocycles. The van der Waals surface area contributed by atoms with Crippen LogP contribution in [-0.2, 0) is 14.8 Å². The molecule has 142 valence electrons. The molecule has 0 spiro atoms. The molecule has 0 aliphatic carbocycles. The van der Waals surface area contributed by atoms with E-state index in [-0.39, 0.29) is 16.6 Å². The minimum absolute atomic E-state index is 0.0564. The molecule has 7 nitrogen and oxygen atoms in total. The van der Waals surface area contributed by atoms with Gasteiger partial charge in [0, 0.05) is 17.8 Å². The van der Waals surface area contributed by atoms with E-state index in [0.717, 1.165) is 5.56 Å². The number of benzene rings is 2. The van der Waals surface area contributed by atoms with Crippen LogP contribution in [0.4, 0.5) is 5.69 Å². The van der Waals surface area contributed by atoms with E-state index in [1.165, 1.54) is 4.31 Å². The average Bonchev–Trinajstić information content (AvgIpc) is 3.13. The molecule has 0 bridgehead atoms. The third kappa shape index (κ3) is 4.01. The van der Waals surface area contributed by atoms with Crippen LogP contribution in [0.2, 0.25) is 0 Å². The van der Waals surface area contributed by atoms with Gasteiger partial charge in [0.2, 0.25) is 15.9 Å². The Morgan fingerprint density at radius 1 is 1.15 bits per heavy atom. The number of carbonyl (C=O) groups is 1. The second-order valence-electron chi connectivity index (χ2n) is 6.57. The van der Waals surface area contributed by atoms with E-state index in [0.29, 0.717) is 30.6 Å². The molecule has 1 unspecified atom stereocenters. The topological polar surface area (TPSA) is 116 Å². The minimum Gasteiger partial charge on any atom is -0.384 e. The predicted octanol–water partition coefficient (Wildman–Crippen LogP) is 2.07. The number of amides is 1. The number of nitrogens with zero attached hydrogens (tertiary/aromatic N) is 1. The quantitative estimate of drug-likeness (QED) is 0.539. The molecule has 1 aliphatic heterocycles. The second-order valence-corrected chi connectivity index (χ2v) is 8.46. The Kier molecular flexibility index (Phi) is 5.29. The van der Waals surface area contributed by atoms with Crippen molar-refractivity contribution in [1.29, 1.82) is 5.41 Å². The van der Waals surface area contributed by atoms with Crippen molar-refractivity contribution in [3.63, 3.8) is 0 Å². The molecule has 1 atom stereocenters. The van der Waals surface area contributed by atoms with Crippen LogP contribution in [0.25, 0.3) is 0 Å². The summed E-state index contributed by atoms with van der Waals surface area (Å²) < 4.78 is 27.2. The van der Waals surface area contributed by atoms with E-state index in [2.05, 4.69) is 5.32 Å². The number of amidine groups is 1. The molecule has 1 saturated heterocycles. The van der Waals surface area contributed by atoms with Crippen LogP contribution in [0.1, 0.15) is 24.0 Å². The monoisotopic (exact) mass is 386 g/mol. The van der Waals surface area contributed by atoms with Gasteiger partial charge in [-0.05, 0) is 56.2 Å². The summed E-state index contributed by atoms with van der Waals surface area (Å²) in [6.45, 7) is 2.21. The highest BCUT2D eigenvalue weighted by molar-refractivity contribution is 7.89. The van der Waals surface area contributed by atoms with E-state index >= 15 is 0 Å². The molecule has 2 aromatic carbocycles. The summed E-state index contributed by atoms with van der Waals surface area (Å²) in [5.74, 6) is -0.419. The molecule has 4 N–H and O–H groups in total. The zero-order valence-electron chi connectivity index (χ0n) is 15.0. The molecular weight excluding hydrogens is 364 g/mol. The Morgan fingerprint density at radius 2 is 1.78 bits per heavy atom. The molecule has 0 aromatic heterocycles. The number of carbonyl (C=O) groups excluding carboxylic acids is 1. The zero-order chi connectivity index (χ0) is 19.6. The molecule has 27 heavy (non-hydrogen) atoms. The van der Waals surface area contributed by atoms with Crippen LogP contribution in [0.3, 0.4) is 0 Å². The molecule has 1 aliphatic rings. The van der Waals surface area contributed by atoms with Crippen molar-refractivity contribution in [3.8, 4) is 0 Å². The number of nitrogens with two attached hydrogens (primary N) is 1. The first-order chi connectivity index (χ1) is 12.8. The van der Waals surface area contributed by atoms with Gasteiger partial charge in [-0.15, -0.1) is 0 Å². The van der Waals surface area contributed by atoms with Crippen LogP contribution in [0.5, 0.6) is 0 Å². The van der Waals surface area contributed by atoms with Crippen molar-refractivity contribution >= 4 is 27.5 Å². The van der Waals surface area contributed by atoms with E-state index in [4.69, 9.17) is 11.1 Å².